The van der Waals surface area contributed by atoms with E-state index in [0.717, 1.165) is 6.07 Å². The number of amides is 1. The summed E-state index contributed by atoms with van der Waals surface area (Å²) in [5.74, 6) is -0.253. The zero-order valence-corrected chi connectivity index (χ0v) is 9.91. The summed E-state index contributed by atoms with van der Waals surface area (Å²) in [5.41, 5.74) is -0.186. The first kappa shape index (κ1) is 12.6. The molecule has 0 aliphatic heterocycles. The van der Waals surface area contributed by atoms with Gasteiger partial charge in [0, 0.05) is 6.07 Å². The summed E-state index contributed by atoms with van der Waals surface area (Å²) in [5, 5.41) is 22.5. The first-order valence-corrected chi connectivity index (χ1v) is 5.32. The van der Waals surface area contributed by atoms with Crippen LogP contribution >= 0.6 is 0 Å². The number of furan rings is 1. The van der Waals surface area contributed by atoms with Gasteiger partial charge in [0.25, 0.3) is 11.6 Å². The smallest absolute Gasteiger partial charge is 0.291 e. The molecule has 2 aromatic rings. The van der Waals surface area contributed by atoms with Crippen LogP contribution in [0.15, 0.2) is 34.7 Å². The molecule has 0 saturated heterocycles. The molecular formula is C12H10N2O5. The molecule has 7 heteroatoms. The number of phenols is 1. The number of anilines is 1. The van der Waals surface area contributed by atoms with Gasteiger partial charge >= 0.3 is 0 Å². The molecular weight excluding hydrogens is 252 g/mol. The fourth-order valence-corrected chi connectivity index (χ4v) is 1.48. The molecule has 0 atom stereocenters. The number of nitro groups is 1. The van der Waals surface area contributed by atoms with Crippen LogP contribution in [-0.2, 0) is 0 Å². The number of rotatable bonds is 3. The van der Waals surface area contributed by atoms with E-state index in [4.69, 9.17) is 4.42 Å². The second-order valence-corrected chi connectivity index (χ2v) is 3.82. The number of hydrogen-bond donors (Lipinski definition) is 2. The summed E-state index contributed by atoms with van der Waals surface area (Å²) >= 11 is 0. The lowest BCUT2D eigenvalue weighted by molar-refractivity contribution is -0.384. The Morgan fingerprint density at radius 1 is 1.37 bits per heavy atom. The molecule has 0 bridgehead atoms. The largest absolute Gasteiger partial charge is 0.506 e. The molecule has 98 valence electrons. The predicted octanol–water partition coefficient (Wildman–Crippen LogP) is 2.45. The van der Waals surface area contributed by atoms with E-state index in [2.05, 4.69) is 5.32 Å². The zero-order valence-electron chi connectivity index (χ0n) is 9.91. The third-order valence-electron chi connectivity index (χ3n) is 2.40. The van der Waals surface area contributed by atoms with E-state index in [1.54, 1.807) is 13.0 Å². The lowest BCUT2D eigenvalue weighted by Gasteiger charge is -2.05. The number of aromatic hydroxyl groups is 1. The Bertz CT molecular complexity index is 647. The standard InChI is InChI=1S/C12H10N2O5/c1-7-2-5-11(19-7)12(16)13-9-4-3-8(14(17)18)6-10(9)15/h2-6,15H,1H3,(H,13,16). The highest BCUT2D eigenvalue weighted by molar-refractivity contribution is 6.03. The summed E-state index contributed by atoms with van der Waals surface area (Å²) in [6.07, 6.45) is 0. The number of nitro benzene ring substituents is 1. The SMILES string of the molecule is Cc1ccc(C(=O)Nc2ccc([N+](=O)[O-])cc2O)o1. The van der Waals surface area contributed by atoms with Gasteiger partial charge in [-0.25, -0.2) is 0 Å². The van der Waals surface area contributed by atoms with E-state index in [9.17, 15) is 20.0 Å². The summed E-state index contributed by atoms with van der Waals surface area (Å²) in [7, 11) is 0. The molecule has 1 heterocycles. The summed E-state index contributed by atoms with van der Waals surface area (Å²) < 4.78 is 5.12. The normalized spacial score (nSPS) is 10.2. The van der Waals surface area contributed by atoms with Gasteiger partial charge in [-0.2, -0.15) is 0 Å². The molecule has 0 unspecified atom stereocenters. The van der Waals surface area contributed by atoms with Crippen molar-refractivity contribution in [3.05, 3.63) is 52.0 Å². The quantitative estimate of drug-likeness (QED) is 0.502. The molecule has 0 aliphatic carbocycles. The van der Waals surface area contributed by atoms with Crippen LogP contribution in [0.1, 0.15) is 16.3 Å². The average molecular weight is 262 g/mol. The fourth-order valence-electron chi connectivity index (χ4n) is 1.48. The van der Waals surface area contributed by atoms with Gasteiger partial charge in [0.15, 0.2) is 5.76 Å². The van der Waals surface area contributed by atoms with Gasteiger partial charge < -0.3 is 14.8 Å². The Kier molecular flexibility index (Phi) is 3.19. The minimum absolute atomic E-state index is 0.0738. The lowest BCUT2D eigenvalue weighted by atomic mass is 10.2. The van der Waals surface area contributed by atoms with Crippen LogP contribution in [0, 0.1) is 17.0 Å². The fraction of sp³-hybridized carbons (Fsp3) is 0.0833. The van der Waals surface area contributed by atoms with E-state index >= 15 is 0 Å². The summed E-state index contributed by atoms with van der Waals surface area (Å²) in [6.45, 7) is 1.69. The molecule has 2 N–H and O–H groups in total. The minimum Gasteiger partial charge on any atom is -0.506 e. The molecule has 1 aromatic carbocycles. The number of nitrogens with zero attached hydrogens (tertiary/aromatic N) is 1. The van der Waals surface area contributed by atoms with Crippen molar-refractivity contribution in [1.82, 2.24) is 0 Å². The monoisotopic (exact) mass is 262 g/mol. The number of benzene rings is 1. The number of hydrogen-bond acceptors (Lipinski definition) is 5. The van der Waals surface area contributed by atoms with Crippen molar-refractivity contribution in [3.63, 3.8) is 0 Å². The predicted molar refractivity (Wildman–Crippen MR) is 66.2 cm³/mol. The first-order valence-electron chi connectivity index (χ1n) is 5.32. The summed E-state index contributed by atoms with van der Waals surface area (Å²) in [4.78, 5) is 21.6. The highest BCUT2D eigenvalue weighted by atomic mass is 16.6. The van der Waals surface area contributed by atoms with Crippen molar-refractivity contribution in [2.75, 3.05) is 5.32 Å². The van der Waals surface area contributed by atoms with Crippen molar-refractivity contribution in [2.24, 2.45) is 0 Å². The molecule has 0 aliphatic rings. The van der Waals surface area contributed by atoms with Crippen molar-refractivity contribution >= 4 is 17.3 Å². The van der Waals surface area contributed by atoms with Crippen LogP contribution in [-0.4, -0.2) is 15.9 Å². The summed E-state index contributed by atoms with van der Waals surface area (Å²) in [6, 6.07) is 6.52. The maximum atomic E-state index is 11.7. The van der Waals surface area contributed by atoms with Crippen molar-refractivity contribution in [3.8, 4) is 5.75 Å². The molecule has 2 rings (SSSR count). The van der Waals surface area contributed by atoms with Gasteiger partial charge in [0.2, 0.25) is 0 Å². The first-order chi connectivity index (χ1) is 8.97. The minimum atomic E-state index is -0.638. The highest BCUT2D eigenvalue weighted by Gasteiger charge is 2.15. The van der Waals surface area contributed by atoms with Crippen LogP contribution in [0.2, 0.25) is 0 Å². The average Bonchev–Trinajstić information content (AvgIpc) is 2.78. The maximum absolute atomic E-state index is 11.7. The Balaban J connectivity index is 2.20. The van der Waals surface area contributed by atoms with Crippen LogP contribution in [0.3, 0.4) is 0 Å². The third kappa shape index (κ3) is 2.71. The Hall–Kier alpha value is -2.83. The van der Waals surface area contributed by atoms with E-state index in [0.29, 0.717) is 5.76 Å². The highest BCUT2D eigenvalue weighted by Crippen LogP contribution is 2.28. The Morgan fingerprint density at radius 2 is 2.11 bits per heavy atom. The van der Waals surface area contributed by atoms with Crippen LogP contribution < -0.4 is 5.32 Å². The lowest BCUT2D eigenvalue weighted by Crippen LogP contribution is -2.11. The van der Waals surface area contributed by atoms with E-state index < -0.39 is 10.8 Å². The molecule has 0 radical (unpaired) electrons. The molecule has 1 aromatic heterocycles. The van der Waals surface area contributed by atoms with Crippen LogP contribution in [0.5, 0.6) is 5.75 Å². The Labute approximate surface area is 107 Å². The van der Waals surface area contributed by atoms with Gasteiger partial charge in [-0.1, -0.05) is 0 Å². The number of nitrogens with one attached hydrogen (secondary N) is 1. The number of carbonyl (C=O) groups excluding carboxylic acids is 1. The number of non-ortho nitro benzene ring substituents is 1. The second kappa shape index (κ2) is 4.81. The molecule has 0 saturated carbocycles. The van der Waals surface area contributed by atoms with Crippen molar-refractivity contribution in [1.29, 1.82) is 0 Å². The number of carbonyl (C=O) groups is 1. The number of aryl methyl sites for hydroxylation is 1. The number of phenolic OH excluding ortho intramolecular Hbond substituents is 1. The molecule has 0 spiro atoms. The Morgan fingerprint density at radius 3 is 2.63 bits per heavy atom. The van der Waals surface area contributed by atoms with Crippen molar-refractivity contribution in [2.45, 2.75) is 6.92 Å². The topological polar surface area (TPSA) is 106 Å². The van der Waals surface area contributed by atoms with E-state index in [1.807, 2.05) is 0 Å². The van der Waals surface area contributed by atoms with Crippen LogP contribution in [0.4, 0.5) is 11.4 Å². The molecule has 7 nitrogen and oxygen atoms in total. The van der Waals surface area contributed by atoms with Gasteiger partial charge in [-0.3, -0.25) is 14.9 Å². The van der Waals surface area contributed by atoms with E-state index in [1.165, 1.54) is 18.2 Å². The van der Waals surface area contributed by atoms with Crippen LogP contribution in [0.25, 0.3) is 0 Å². The molecule has 1 amide bonds. The van der Waals surface area contributed by atoms with Gasteiger partial charge in [-0.05, 0) is 25.1 Å². The van der Waals surface area contributed by atoms with E-state index in [-0.39, 0.29) is 22.9 Å². The van der Waals surface area contributed by atoms with Gasteiger partial charge in [0.1, 0.15) is 11.5 Å². The second-order valence-electron chi connectivity index (χ2n) is 3.82. The maximum Gasteiger partial charge on any atom is 0.291 e. The molecule has 19 heavy (non-hydrogen) atoms. The third-order valence-corrected chi connectivity index (χ3v) is 2.40. The zero-order chi connectivity index (χ0) is 14.0. The van der Waals surface area contributed by atoms with Gasteiger partial charge in [0.05, 0.1) is 16.7 Å². The molecule has 0 fully saturated rings. The van der Waals surface area contributed by atoms with Gasteiger partial charge in [-0.15, -0.1) is 0 Å². The van der Waals surface area contributed by atoms with Crippen molar-refractivity contribution < 1.29 is 19.2 Å².